The van der Waals surface area contributed by atoms with Crippen LogP contribution in [-0.4, -0.2) is 29.2 Å². The number of nitrogens with zero attached hydrogens (tertiary/aromatic N) is 1. The second-order valence-corrected chi connectivity index (χ2v) is 7.67. The van der Waals surface area contributed by atoms with Gasteiger partial charge in [-0.2, -0.15) is 0 Å². The van der Waals surface area contributed by atoms with E-state index in [-0.39, 0.29) is 11.5 Å². The highest BCUT2D eigenvalue weighted by Gasteiger charge is 2.14. The van der Waals surface area contributed by atoms with Crippen molar-refractivity contribution in [3.8, 4) is 0 Å². The van der Waals surface area contributed by atoms with E-state index in [0.717, 1.165) is 18.5 Å². The van der Waals surface area contributed by atoms with Gasteiger partial charge in [-0.1, -0.05) is 6.07 Å². The second-order valence-electron chi connectivity index (χ2n) is 7.28. The number of aromatic amines is 1. The number of aromatic nitrogens is 2. The Labute approximate surface area is 173 Å². The molecule has 150 valence electrons. The molecule has 3 aromatic rings. The molecular weight excluding hydrogens is 386 g/mol. The molecule has 0 bridgehead atoms. The number of H-pyrrole nitrogens is 1. The maximum absolute atomic E-state index is 12.8. The van der Waals surface area contributed by atoms with Crippen LogP contribution in [0.4, 0.5) is 5.69 Å². The molecule has 4 rings (SSSR count). The third-order valence-corrected chi connectivity index (χ3v) is 5.65. The van der Waals surface area contributed by atoms with Gasteiger partial charge in [0.15, 0.2) is 4.77 Å². The molecule has 1 aromatic heterocycles. The van der Waals surface area contributed by atoms with E-state index in [4.69, 9.17) is 17.0 Å². The SMILES string of the molecule is COCCCn1c(=S)[nH]c2cc(C(=O)Nc3ccc4c(c3)CCC4)ccc2c1=O. The van der Waals surface area contributed by atoms with Gasteiger partial charge in [0.1, 0.15) is 0 Å². The van der Waals surface area contributed by atoms with Crippen LogP contribution in [-0.2, 0) is 24.1 Å². The number of methoxy groups -OCH3 is 1. The summed E-state index contributed by atoms with van der Waals surface area (Å²) in [6.45, 7) is 1.04. The van der Waals surface area contributed by atoms with Gasteiger partial charge in [-0.15, -0.1) is 0 Å². The van der Waals surface area contributed by atoms with Crippen molar-refractivity contribution in [3.05, 3.63) is 68.2 Å². The van der Waals surface area contributed by atoms with Gasteiger partial charge in [0.2, 0.25) is 0 Å². The van der Waals surface area contributed by atoms with Crippen molar-refractivity contribution in [1.82, 2.24) is 9.55 Å². The monoisotopic (exact) mass is 409 g/mol. The first-order chi connectivity index (χ1) is 14.1. The number of fused-ring (bicyclic) bond motifs is 2. The van der Waals surface area contributed by atoms with Crippen molar-refractivity contribution >= 4 is 34.7 Å². The molecular formula is C22H23N3O3S. The Hall–Kier alpha value is -2.77. The Bertz CT molecular complexity index is 1200. The Morgan fingerprint density at radius 2 is 2.03 bits per heavy atom. The van der Waals surface area contributed by atoms with Crippen LogP contribution < -0.4 is 10.9 Å². The molecule has 0 saturated heterocycles. The highest BCUT2D eigenvalue weighted by molar-refractivity contribution is 7.71. The molecule has 2 N–H and O–H groups in total. The van der Waals surface area contributed by atoms with Crippen LogP contribution in [0.5, 0.6) is 0 Å². The number of nitrogens with one attached hydrogen (secondary N) is 2. The number of anilines is 1. The quantitative estimate of drug-likeness (QED) is 0.479. The minimum absolute atomic E-state index is 0.162. The smallest absolute Gasteiger partial charge is 0.262 e. The lowest BCUT2D eigenvalue weighted by Gasteiger charge is -2.10. The van der Waals surface area contributed by atoms with E-state index in [0.29, 0.717) is 40.8 Å². The zero-order valence-electron chi connectivity index (χ0n) is 16.3. The number of carbonyl (C=O) groups is 1. The molecule has 29 heavy (non-hydrogen) atoms. The van der Waals surface area contributed by atoms with Gasteiger partial charge >= 0.3 is 0 Å². The van der Waals surface area contributed by atoms with Crippen LogP contribution in [0.3, 0.4) is 0 Å². The lowest BCUT2D eigenvalue weighted by molar-refractivity contribution is 0.102. The summed E-state index contributed by atoms with van der Waals surface area (Å²) in [5.74, 6) is -0.214. The van der Waals surface area contributed by atoms with Gasteiger partial charge in [-0.3, -0.25) is 14.2 Å². The molecule has 7 heteroatoms. The molecule has 0 aliphatic heterocycles. The van der Waals surface area contributed by atoms with Crippen LogP contribution in [0, 0.1) is 4.77 Å². The maximum Gasteiger partial charge on any atom is 0.262 e. The summed E-state index contributed by atoms with van der Waals surface area (Å²) < 4.78 is 6.91. The molecule has 1 aliphatic rings. The number of ether oxygens (including phenoxy) is 1. The Balaban J connectivity index is 1.60. The topological polar surface area (TPSA) is 76.1 Å². The Morgan fingerprint density at radius 3 is 2.86 bits per heavy atom. The van der Waals surface area contributed by atoms with Crippen LogP contribution >= 0.6 is 12.2 Å². The Kier molecular flexibility index (Phi) is 5.60. The largest absolute Gasteiger partial charge is 0.385 e. The van der Waals surface area contributed by atoms with E-state index in [9.17, 15) is 9.59 Å². The number of aryl methyl sites for hydroxylation is 2. The highest BCUT2D eigenvalue weighted by atomic mass is 32.1. The van der Waals surface area contributed by atoms with Crippen LogP contribution in [0.2, 0.25) is 0 Å². The lowest BCUT2D eigenvalue weighted by Crippen LogP contribution is -2.23. The maximum atomic E-state index is 12.8. The van der Waals surface area contributed by atoms with Crippen LogP contribution in [0.25, 0.3) is 10.9 Å². The normalized spacial score (nSPS) is 12.9. The van der Waals surface area contributed by atoms with Crippen molar-refractivity contribution in [1.29, 1.82) is 0 Å². The van der Waals surface area contributed by atoms with Crippen LogP contribution in [0.15, 0.2) is 41.2 Å². The molecule has 6 nitrogen and oxygen atoms in total. The van der Waals surface area contributed by atoms with E-state index < -0.39 is 0 Å². The molecule has 1 heterocycles. The zero-order valence-corrected chi connectivity index (χ0v) is 17.1. The molecule has 1 amide bonds. The first kappa shape index (κ1) is 19.5. The zero-order chi connectivity index (χ0) is 20.4. The third-order valence-electron chi connectivity index (χ3n) is 5.33. The predicted molar refractivity (Wildman–Crippen MR) is 116 cm³/mol. The van der Waals surface area contributed by atoms with Crippen molar-refractivity contribution < 1.29 is 9.53 Å². The summed E-state index contributed by atoms with van der Waals surface area (Å²) in [6, 6.07) is 11.1. The van der Waals surface area contributed by atoms with Crippen molar-refractivity contribution in [2.45, 2.75) is 32.2 Å². The van der Waals surface area contributed by atoms with Crippen molar-refractivity contribution in [3.63, 3.8) is 0 Å². The van der Waals surface area contributed by atoms with Gasteiger partial charge < -0.3 is 15.0 Å². The number of carbonyl (C=O) groups excluding carboxylic acids is 1. The number of rotatable bonds is 6. The van der Waals surface area contributed by atoms with Crippen molar-refractivity contribution in [2.75, 3.05) is 19.0 Å². The highest BCUT2D eigenvalue weighted by Crippen LogP contribution is 2.25. The van der Waals surface area contributed by atoms with Crippen LogP contribution in [0.1, 0.15) is 34.3 Å². The van der Waals surface area contributed by atoms with E-state index in [1.54, 1.807) is 25.3 Å². The number of amides is 1. The second kappa shape index (κ2) is 8.31. The molecule has 0 fully saturated rings. The van der Waals surface area contributed by atoms with Gasteiger partial charge in [-0.25, -0.2) is 0 Å². The van der Waals surface area contributed by atoms with E-state index in [2.05, 4.69) is 16.4 Å². The molecule has 0 spiro atoms. The third kappa shape index (κ3) is 4.02. The van der Waals surface area contributed by atoms with Crippen molar-refractivity contribution in [2.24, 2.45) is 0 Å². The lowest BCUT2D eigenvalue weighted by atomic mass is 10.1. The van der Waals surface area contributed by atoms with Gasteiger partial charge in [0.25, 0.3) is 11.5 Å². The molecule has 1 aliphatic carbocycles. The summed E-state index contributed by atoms with van der Waals surface area (Å²) in [4.78, 5) is 28.6. The fraction of sp³-hybridized carbons (Fsp3) is 0.318. The number of benzene rings is 2. The molecule has 0 saturated carbocycles. The fourth-order valence-corrected chi connectivity index (χ4v) is 4.10. The minimum Gasteiger partial charge on any atom is -0.385 e. The van der Waals surface area contributed by atoms with Gasteiger partial charge in [0, 0.05) is 31.5 Å². The van der Waals surface area contributed by atoms with Gasteiger partial charge in [-0.05, 0) is 79.4 Å². The average Bonchev–Trinajstić information content (AvgIpc) is 3.18. The van der Waals surface area contributed by atoms with E-state index >= 15 is 0 Å². The molecule has 0 atom stereocenters. The standard InChI is InChI=1S/C22H23N3O3S/c1-28-11-3-10-25-21(27)18-9-7-16(13-19(18)24-22(25)29)20(26)23-17-8-6-14-4-2-5-15(14)12-17/h6-9,12-13H,2-5,10-11H2,1H3,(H,23,26)(H,24,29). The van der Waals surface area contributed by atoms with E-state index in [1.165, 1.54) is 22.1 Å². The minimum atomic E-state index is -0.214. The molecule has 2 aromatic carbocycles. The molecule has 0 unspecified atom stereocenters. The number of hydrogen-bond donors (Lipinski definition) is 2. The fourth-order valence-electron chi connectivity index (χ4n) is 3.82. The molecule has 0 radical (unpaired) electrons. The summed E-state index contributed by atoms with van der Waals surface area (Å²) in [5.41, 5.74) is 4.33. The average molecular weight is 410 g/mol. The summed E-state index contributed by atoms with van der Waals surface area (Å²) >= 11 is 5.34. The first-order valence-electron chi connectivity index (χ1n) is 9.76. The first-order valence-corrected chi connectivity index (χ1v) is 10.2. The van der Waals surface area contributed by atoms with Gasteiger partial charge in [0.05, 0.1) is 10.9 Å². The summed E-state index contributed by atoms with van der Waals surface area (Å²) in [5, 5.41) is 3.46. The predicted octanol–water partition coefficient (Wildman–Crippen LogP) is 3.84. The number of hydrogen-bond acceptors (Lipinski definition) is 4. The van der Waals surface area contributed by atoms with E-state index in [1.807, 2.05) is 12.1 Å². The summed E-state index contributed by atoms with van der Waals surface area (Å²) in [7, 11) is 1.62. The summed E-state index contributed by atoms with van der Waals surface area (Å²) in [6.07, 6.45) is 4.03. The Morgan fingerprint density at radius 1 is 1.21 bits per heavy atom.